The molecule has 344 valence electrons. The van der Waals surface area contributed by atoms with Crippen molar-refractivity contribution in [3.63, 3.8) is 0 Å². The Morgan fingerprint density at radius 1 is 0.609 bits per heavy atom. The smallest absolute Gasteiger partial charge is 0.500 e. The van der Waals surface area contributed by atoms with E-state index in [1.807, 2.05) is 61.7 Å². The minimum atomic E-state index is -2.82. The summed E-state index contributed by atoms with van der Waals surface area (Å²) in [5, 5.41) is 3.31. The van der Waals surface area contributed by atoms with Crippen LogP contribution in [0, 0.1) is 58.9 Å². The van der Waals surface area contributed by atoms with Gasteiger partial charge in [0.15, 0.2) is 0 Å². The molecule has 0 saturated heterocycles. The van der Waals surface area contributed by atoms with Crippen molar-refractivity contribution >= 4 is 32.7 Å². The van der Waals surface area contributed by atoms with Crippen LogP contribution >= 0.6 is 0 Å². The van der Waals surface area contributed by atoms with Gasteiger partial charge in [0.25, 0.3) is 0 Å². The van der Waals surface area contributed by atoms with Gasteiger partial charge in [0.1, 0.15) is 5.58 Å². The van der Waals surface area contributed by atoms with E-state index in [1.54, 1.807) is 36.4 Å². The van der Waals surface area contributed by atoms with Crippen LogP contribution in [0.5, 0.6) is 11.5 Å². The number of aryl methyl sites for hydroxylation is 5. The molecule has 0 bridgehead atoms. The number of furan rings is 1. The fraction of sp³-hybridized carbons (Fsp3) is 0.219. The molecule has 0 spiro atoms. The fourth-order valence-electron chi connectivity index (χ4n) is 9.90. The van der Waals surface area contributed by atoms with E-state index in [4.69, 9.17) is 26.5 Å². The van der Waals surface area contributed by atoms with E-state index in [2.05, 4.69) is 81.2 Å². The zero-order valence-corrected chi connectivity index (χ0v) is 41.4. The van der Waals surface area contributed by atoms with Crippen molar-refractivity contribution in [3.05, 3.63) is 191 Å². The molecule has 3 heterocycles. The molecule has 0 atom stereocenters. The number of rotatable bonds is 8. The van der Waals surface area contributed by atoms with Gasteiger partial charge in [0.05, 0.1) is 5.58 Å². The van der Waals surface area contributed by atoms with Crippen LogP contribution in [0.3, 0.4) is 0 Å². The normalized spacial score (nSPS) is 16.9. The van der Waals surface area contributed by atoms with Gasteiger partial charge in [-0.25, -0.2) is 0 Å². The van der Waals surface area contributed by atoms with E-state index in [0.29, 0.717) is 33.4 Å². The molecule has 69 heavy (non-hydrogen) atoms. The van der Waals surface area contributed by atoms with Crippen molar-refractivity contribution in [2.45, 2.75) is 86.8 Å². The summed E-state index contributed by atoms with van der Waals surface area (Å²) in [7, 11) is 0. The van der Waals surface area contributed by atoms with Gasteiger partial charge >= 0.3 is 21.1 Å². The number of hydrogen-bond acceptors (Lipinski definition) is 4. The molecular weight excluding hydrogens is 1020 g/mol. The number of fused-ring (bicyclic) bond motifs is 5. The number of benzene rings is 7. The standard InChI is InChI=1S/C64H56N2O2.Pt/c1-38-30-59(65-36-41(38)4)49-31-56(45-14-10-9-11-15-45)43(6)61(32-49)67-50-33-57-54-23-18-46-16-12-13-17-53(46)62(54)68-63(57)58(34-50)60-35-55(42(5)37-66-60)52-22-20-48(29-40(52)3)51-21-19-47(28-39(51)2)44-24-26-64(7,8)27-25-44;/h9-23,28-31,33,35-37,44H,24-27H2,1-8H3;/q-2;+2/i1D3,4D3,6D3,44D;. The number of pyridine rings is 2. The van der Waals surface area contributed by atoms with Gasteiger partial charge in [-0.1, -0.05) is 182 Å². The Morgan fingerprint density at radius 2 is 1.36 bits per heavy atom. The Morgan fingerprint density at radius 3 is 2.14 bits per heavy atom. The molecule has 4 nitrogen and oxygen atoms in total. The number of hydrogen-bond donors (Lipinski definition) is 0. The summed E-state index contributed by atoms with van der Waals surface area (Å²) in [6.07, 6.45) is 6.63. The predicted molar refractivity (Wildman–Crippen MR) is 282 cm³/mol. The van der Waals surface area contributed by atoms with E-state index in [-0.39, 0.29) is 60.4 Å². The summed E-state index contributed by atoms with van der Waals surface area (Å²) in [5.74, 6) is -0.657. The van der Waals surface area contributed by atoms with E-state index in [9.17, 15) is 1.37 Å². The molecule has 0 amide bonds. The van der Waals surface area contributed by atoms with Crippen LogP contribution in [-0.4, -0.2) is 9.97 Å². The second-order valence-corrected chi connectivity index (χ2v) is 19.1. The maximum Gasteiger partial charge on any atom is 2.00 e. The first-order chi connectivity index (χ1) is 36.8. The molecule has 3 aromatic heterocycles. The summed E-state index contributed by atoms with van der Waals surface area (Å²) >= 11 is 0. The average Bonchev–Trinajstić information content (AvgIpc) is 4.07. The maximum absolute atomic E-state index is 9.41. The largest absolute Gasteiger partial charge is 2.00 e. The van der Waals surface area contributed by atoms with Crippen LogP contribution in [0.4, 0.5) is 0 Å². The third-order valence-electron chi connectivity index (χ3n) is 13.9. The Balaban J connectivity index is 0.00000704. The summed E-state index contributed by atoms with van der Waals surface area (Å²) in [6.45, 7) is 2.49. The molecule has 11 rings (SSSR count). The first-order valence-electron chi connectivity index (χ1n) is 28.2. The van der Waals surface area contributed by atoms with Gasteiger partial charge in [-0.3, -0.25) is 0 Å². The van der Waals surface area contributed by atoms with E-state index in [1.165, 1.54) is 6.07 Å². The SMILES string of the molecule is [2H]C([2H])([2H])c1cnc(-c2[c-]c(Oc3[c-]c(-c4cc(-c5ccc(-c6ccc(C7([2H])CCC(C)(C)CC7)cc6C)cc5C)c(C)cn4)c4oc5c6ccccc6ccc5c4c3)c(C([2H])([2H])[2H])c(-c3ccccc3)c2)cc1C([2H])([2H])[2H].[Pt+2]. The molecule has 5 heteroatoms. The second-order valence-electron chi connectivity index (χ2n) is 19.1. The van der Waals surface area contributed by atoms with Crippen molar-refractivity contribution in [1.82, 2.24) is 9.97 Å². The van der Waals surface area contributed by atoms with Crippen LogP contribution in [0.15, 0.2) is 144 Å². The van der Waals surface area contributed by atoms with Crippen molar-refractivity contribution in [2.75, 3.05) is 0 Å². The monoisotopic (exact) mass is 1090 g/mol. The minimum absolute atomic E-state index is 0. The summed E-state index contributed by atoms with van der Waals surface area (Å²) in [5.41, 5.74) is 10.7. The number of ether oxygens (including phenoxy) is 1. The van der Waals surface area contributed by atoms with Gasteiger partial charge < -0.3 is 19.1 Å². The van der Waals surface area contributed by atoms with Crippen LogP contribution in [0.1, 0.15) is 98.1 Å². The van der Waals surface area contributed by atoms with Crippen molar-refractivity contribution < 1.29 is 43.9 Å². The van der Waals surface area contributed by atoms with E-state index < -0.39 is 37.6 Å². The molecule has 1 aliphatic carbocycles. The molecule has 0 N–H and O–H groups in total. The fourth-order valence-corrected chi connectivity index (χ4v) is 9.90. The molecule has 0 unspecified atom stereocenters. The van der Waals surface area contributed by atoms with Crippen LogP contribution in [-0.2, 0) is 21.1 Å². The van der Waals surface area contributed by atoms with Gasteiger partial charge in [0.2, 0.25) is 0 Å². The van der Waals surface area contributed by atoms with Gasteiger partial charge in [-0.05, 0) is 144 Å². The third kappa shape index (κ3) is 8.74. The van der Waals surface area contributed by atoms with Crippen LogP contribution in [0.2, 0.25) is 0 Å². The Bertz CT molecular complexity index is 4000. The van der Waals surface area contributed by atoms with Gasteiger partial charge in [-0.2, -0.15) is 0 Å². The Hall–Kier alpha value is -6.61. The predicted octanol–water partition coefficient (Wildman–Crippen LogP) is 17.8. The van der Waals surface area contributed by atoms with Crippen LogP contribution in [0.25, 0.3) is 88.6 Å². The summed E-state index contributed by atoms with van der Waals surface area (Å²) in [4.78, 5) is 9.43. The number of aromatic nitrogens is 2. The zero-order chi connectivity index (χ0) is 55.3. The molecule has 0 radical (unpaired) electrons. The molecule has 1 fully saturated rings. The molecule has 0 aliphatic heterocycles. The summed E-state index contributed by atoms with van der Waals surface area (Å²) < 4.78 is 99.0. The molecular formula is C64H56N2O2Pt. The van der Waals surface area contributed by atoms with Crippen LogP contribution < -0.4 is 4.74 Å². The quantitative estimate of drug-likeness (QED) is 0.142. The van der Waals surface area contributed by atoms with Gasteiger partial charge in [-0.15, -0.1) is 11.6 Å². The third-order valence-corrected chi connectivity index (χ3v) is 13.9. The van der Waals surface area contributed by atoms with Gasteiger partial charge in [0, 0.05) is 48.4 Å². The van der Waals surface area contributed by atoms with E-state index in [0.717, 1.165) is 92.5 Å². The Labute approximate surface area is 435 Å². The zero-order valence-electron chi connectivity index (χ0n) is 49.1. The van der Waals surface area contributed by atoms with E-state index >= 15 is 0 Å². The molecule has 1 saturated carbocycles. The Kier molecular flexibility index (Phi) is 9.45. The average molecular weight is 1090 g/mol. The number of nitrogens with zero attached hydrogens (tertiary/aromatic N) is 2. The van der Waals surface area contributed by atoms with Crippen molar-refractivity contribution in [1.29, 1.82) is 0 Å². The minimum Gasteiger partial charge on any atom is -0.500 e. The van der Waals surface area contributed by atoms with Crippen molar-refractivity contribution in [2.24, 2.45) is 5.41 Å². The van der Waals surface area contributed by atoms with Crippen molar-refractivity contribution in [3.8, 4) is 67.4 Å². The molecule has 1 aliphatic rings. The second kappa shape index (κ2) is 18.4. The maximum atomic E-state index is 9.41. The summed E-state index contributed by atoms with van der Waals surface area (Å²) in [6, 6.07) is 47.0. The first-order valence-corrected chi connectivity index (χ1v) is 23.2. The molecule has 7 aromatic carbocycles. The topological polar surface area (TPSA) is 48.2 Å². The first kappa shape index (κ1) is 35.5. The molecule has 10 aromatic rings.